The summed E-state index contributed by atoms with van der Waals surface area (Å²) in [5.74, 6) is 0.740. The molecule has 2 rings (SSSR count). The molecular weight excluding hydrogens is 254 g/mol. The topological polar surface area (TPSA) is 41.9 Å². The van der Waals surface area contributed by atoms with E-state index in [4.69, 9.17) is 9.47 Å². The van der Waals surface area contributed by atoms with Crippen molar-refractivity contribution in [2.75, 3.05) is 33.4 Å². The summed E-state index contributed by atoms with van der Waals surface area (Å²) in [5, 5.41) is 10.9. The number of rotatable bonds is 4. The molecule has 0 spiro atoms. The lowest BCUT2D eigenvalue weighted by molar-refractivity contribution is -0.0635. The first-order valence-electron chi connectivity index (χ1n) is 7.12. The van der Waals surface area contributed by atoms with E-state index in [1.807, 2.05) is 25.1 Å². The van der Waals surface area contributed by atoms with Gasteiger partial charge in [0.25, 0.3) is 0 Å². The Balaban J connectivity index is 2.28. The third kappa shape index (κ3) is 2.97. The summed E-state index contributed by atoms with van der Waals surface area (Å²) in [6.07, 6.45) is -0.601. The van der Waals surface area contributed by atoms with Crippen LogP contribution in [0.15, 0.2) is 18.2 Å². The van der Waals surface area contributed by atoms with Crippen LogP contribution < -0.4 is 4.74 Å². The van der Waals surface area contributed by atoms with Crippen molar-refractivity contribution in [2.24, 2.45) is 0 Å². The molecule has 1 aromatic rings. The lowest BCUT2D eigenvalue weighted by Crippen LogP contribution is -2.53. The number of nitrogens with zero attached hydrogens (tertiary/aromatic N) is 1. The second kappa shape index (κ2) is 6.12. The number of benzene rings is 1. The summed E-state index contributed by atoms with van der Waals surface area (Å²) in [7, 11) is 1.64. The third-order valence-corrected chi connectivity index (χ3v) is 4.18. The van der Waals surface area contributed by atoms with E-state index in [2.05, 4.69) is 18.7 Å². The van der Waals surface area contributed by atoms with Crippen LogP contribution in [-0.4, -0.2) is 49.0 Å². The SMILES string of the molecule is COc1ccc(C)cc1C(O)C(C)(C)N1CCOCC1. The van der Waals surface area contributed by atoms with Crippen LogP contribution in [0, 0.1) is 6.92 Å². The molecule has 1 fully saturated rings. The van der Waals surface area contributed by atoms with E-state index in [0.29, 0.717) is 0 Å². The monoisotopic (exact) mass is 279 g/mol. The Labute approximate surface area is 121 Å². The fourth-order valence-electron chi connectivity index (χ4n) is 2.76. The van der Waals surface area contributed by atoms with Gasteiger partial charge in [-0.2, -0.15) is 0 Å². The normalized spacial score (nSPS) is 18.9. The maximum absolute atomic E-state index is 10.9. The molecule has 1 unspecified atom stereocenters. The number of hydrogen-bond acceptors (Lipinski definition) is 4. The molecule has 1 aliphatic heterocycles. The highest BCUT2D eigenvalue weighted by Crippen LogP contribution is 2.36. The number of morpholine rings is 1. The van der Waals surface area contributed by atoms with Crippen molar-refractivity contribution in [3.8, 4) is 5.75 Å². The summed E-state index contributed by atoms with van der Waals surface area (Å²) in [6.45, 7) is 9.31. The van der Waals surface area contributed by atoms with Crippen LogP contribution >= 0.6 is 0 Å². The minimum Gasteiger partial charge on any atom is -0.496 e. The predicted molar refractivity (Wildman–Crippen MR) is 79.2 cm³/mol. The number of aliphatic hydroxyl groups is 1. The number of methoxy groups -OCH3 is 1. The summed E-state index contributed by atoms with van der Waals surface area (Å²) in [5.41, 5.74) is 1.62. The standard InChI is InChI=1S/C16H25NO3/c1-12-5-6-14(19-4)13(11-12)15(18)16(2,3)17-7-9-20-10-8-17/h5-6,11,15,18H,7-10H2,1-4H3. The Kier molecular flexibility index (Phi) is 4.68. The fourth-order valence-corrected chi connectivity index (χ4v) is 2.76. The molecule has 1 N–H and O–H groups in total. The quantitative estimate of drug-likeness (QED) is 0.917. The Morgan fingerprint density at radius 3 is 2.55 bits per heavy atom. The highest BCUT2D eigenvalue weighted by molar-refractivity contribution is 5.39. The summed E-state index contributed by atoms with van der Waals surface area (Å²) in [4.78, 5) is 2.28. The Morgan fingerprint density at radius 1 is 1.30 bits per heavy atom. The molecule has 1 saturated heterocycles. The van der Waals surface area contributed by atoms with Crippen LogP contribution in [0.2, 0.25) is 0 Å². The molecule has 4 heteroatoms. The van der Waals surface area contributed by atoms with Gasteiger partial charge in [-0.3, -0.25) is 4.90 Å². The predicted octanol–water partition coefficient (Wildman–Crippen LogP) is 2.15. The largest absolute Gasteiger partial charge is 0.496 e. The Bertz CT molecular complexity index is 453. The second-order valence-corrected chi connectivity index (χ2v) is 5.90. The van der Waals surface area contributed by atoms with Gasteiger partial charge in [0.2, 0.25) is 0 Å². The zero-order chi connectivity index (χ0) is 14.8. The van der Waals surface area contributed by atoms with Crippen LogP contribution in [0.25, 0.3) is 0 Å². The molecule has 1 heterocycles. The maximum Gasteiger partial charge on any atom is 0.124 e. The number of aryl methyl sites for hydroxylation is 1. The first-order valence-corrected chi connectivity index (χ1v) is 7.12. The minimum absolute atomic E-state index is 0.356. The summed E-state index contributed by atoms with van der Waals surface area (Å²) in [6, 6.07) is 5.92. The van der Waals surface area contributed by atoms with Gasteiger partial charge in [0.1, 0.15) is 11.9 Å². The van der Waals surface area contributed by atoms with Crippen molar-refractivity contribution in [3.05, 3.63) is 29.3 Å². The van der Waals surface area contributed by atoms with Crippen molar-refractivity contribution >= 4 is 0 Å². The van der Waals surface area contributed by atoms with Gasteiger partial charge in [0.05, 0.1) is 20.3 Å². The van der Waals surface area contributed by atoms with Crippen LogP contribution in [0.3, 0.4) is 0 Å². The first kappa shape index (κ1) is 15.3. The summed E-state index contributed by atoms with van der Waals surface area (Å²) < 4.78 is 10.8. The lowest BCUT2D eigenvalue weighted by atomic mass is 9.88. The van der Waals surface area contributed by atoms with Gasteiger partial charge in [0, 0.05) is 24.2 Å². The van der Waals surface area contributed by atoms with Crippen LogP contribution in [0.5, 0.6) is 5.75 Å². The molecule has 0 bridgehead atoms. The molecule has 0 radical (unpaired) electrons. The number of ether oxygens (including phenoxy) is 2. The van der Waals surface area contributed by atoms with E-state index in [-0.39, 0.29) is 5.54 Å². The lowest BCUT2D eigenvalue weighted by Gasteiger charge is -2.44. The minimum atomic E-state index is -0.601. The highest BCUT2D eigenvalue weighted by atomic mass is 16.5. The van der Waals surface area contributed by atoms with E-state index >= 15 is 0 Å². The maximum atomic E-state index is 10.9. The molecule has 20 heavy (non-hydrogen) atoms. The Hall–Kier alpha value is -1.10. The zero-order valence-corrected chi connectivity index (χ0v) is 12.8. The van der Waals surface area contributed by atoms with E-state index in [1.54, 1.807) is 7.11 Å². The van der Waals surface area contributed by atoms with Crippen molar-refractivity contribution in [2.45, 2.75) is 32.4 Å². The molecule has 1 aromatic carbocycles. The molecule has 1 aliphatic rings. The molecule has 0 saturated carbocycles. The third-order valence-electron chi connectivity index (χ3n) is 4.18. The number of aliphatic hydroxyl groups excluding tert-OH is 1. The van der Waals surface area contributed by atoms with Crippen molar-refractivity contribution in [1.82, 2.24) is 4.90 Å². The fraction of sp³-hybridized carbons (Fsp3) is 0.625. The van der Waals surface area contributed by atoms with E-state index in [1.165, 1.54) is 0 Å². The highest BCUT2D eigenvalue weighted by Gasteiger charge is 2.37. The number of hydrogen-bond donors (Lipinski definition) is 1. The average Bonchev–Trinajstić information content (AvgIpc) is 2.47. The van der Waals surface area contributed by atoms with E-state index in [9.17, 15) is 5.11 Å². The van der Waals surface area contributed by atoms with Crippen LogP contribution in [0.1, 0.15) is 31.1 Å². The average molecular weight is 279 g/mol. The van der Waals surface area contributed by atoms with Gasteiger partial charge in [-0.1, -0.05) is 11.6 Å². The van der Waals surface area contributed by atoms with E-state index < -0.39 is 6.10 Å². The van der Waals surface area contributed by atoms with Crippen LogP contribution in [-0.2, 0) is 4.74 Å². The summed E-state index contributed by atoms with van der Waals surface area (Å²) >= 11 is 0. The van der Waals surface area contributed by atoms with Crippen molar-refractivity contribution in [3.63, 3.8) is 0 Å². The molecular formula is C16H25NO3. The van der Waals surface area contributed by atoms with Gasteiger partial charge in [0.15, 0.2) is 0 Å². The van der Waals surface area contributed by atoms with Gasteiger partial charge in [-0.15, -0.1) is 0 Å². The smallest absolute Gasteiger partial charge is 0.124 e. The van der Waals surface area contributed by atoms with Gasteiger partial charge >= 0.3 is 0 Å². The molecule has 0 aliphatic carbocycles. The van der Waals surface area contributed by atoms with Gasteiger partial charge in [-0.25, -0.2) is 0 Å². The first-order chi connectivity index (χ1) is 9.46. The van der Waals surface area contributed by atoms with E-state index in [0.717, 1.165) is 43.2 Å². The molecule has 0 amide bonds. The molecule has 4 nitrogen and oxygen atoms in total. The van der Waals surface area contributed by atoms with Gasteiger partial charge in [-0.05, 0) is 32.9 Å². The van der Waals surface area contributed by atoms with Crippen molar-refractivity contribution < 1.29 is 14.6 Å². The Morgan fingerprint density at radius 2 is 1.95 bits per heavy atom. The molecule has 0 aromatic heterocycles. The zero-order valence-electron chi connectivity index (χ0n) is 12.8. The molecule has 112 valence electrons. The van der Waals surface area contributed by atoms with Crippen molar-refractivity contribution in [1.29, 1.82) is 0 Å². The second-order valence-electron chi connectivity index (χ2n) is 5.90. The molecule has 1 atom stereocenters. The van der Waals surface area contributed by atoms with Crippen LogP contribution in [0.4, 0.5) is 0 Å². The van der Waals surface area contributed by atoms with Gasteiger partial charge < -0.3 is 14.6 Å².